The van der Waals surface area contributed by atoms with Crippen molar-refractivity contribution >= 4 is 16.9 Å². The van der Waals surface area contributed by atoms with Crippen LogP contribution in [0.25, 0.3) is 11.0 Å². The van der Waals surface area contributed by atoms with Crippen LogP contribution >= 0.6 is 0 Å². The number of benzene rings is 1. The third-order valence-electron chi connectivity index (χ3n) is 5.93. The number of carbonyl (C=O) groups excluding carboxylic acids is 1. The number of fused-ring (bicyclic) bond motifs is 2. The van der Waals surface area contributed by atoms with Gasteiger partial charge in [0, 0.05) is 38.6 Å². The first-order valence-electron chi connectivity index (χ1n) is 10.4. The van der Waals surface area contributed by atoms with Crippen LogP contribution in [0.1, 0.15) is 34.1 Å². The van der Waals surface area contributed by atoms with Gasteiger partial charge in [0.25, 0.3) is 5.91 Å². The molecule has 1 atom stereocenters. The van der Waals surface area contributed by atoms with E-state index in [4.69, 9.17) is 9.15 Å². The number of amides is 1. The first-order valence-corrected chi connectivity index (χ1v) is 10.4. The Labute approximate surface area is 178 Å². The van der Waals surface area contributed by atoms with Gasteiger partial charge in [-0.2, -0.15) is 0 Å². The van der Waals surface area contributed by atoms with Crippen LogP contribution in [-0.2, 0) is 4.74 Å². The van der Waals surface area contributed by atoms with Gasteiger partial charge in [-0.25, -0.2) is 4.39 Å². The molecular weight excluding hydrogens is 401 g/mol. The summed E-state index contributed by atoms with van der Waals surface area (Å²) in [6.45, 7) is 4.49. The number of nitrogens with zero attached hydrogens (tertiary/aromatic N) is 3. The summed E-state index contributed by atoms with van der Waals surface area (Å²) in [7, 11) is 0. The fraction of sp³-hybridized carbons (Fsp3) is 0.348. The fourth-order valence-corrected chi connectivity index (χ4v) is 4.40. The van der Waals surface area contributed by atoms with Crippen molar-refractivity contribution in [2.45, 2.75) is 12.5 Å². The van der Waals surface area contributed by atoms with Crippen LogP contribution < -0.4 is 5.43 Å². The number of pyridine rings is 1. The highest BCUT2D eigenvalue weighted by atomic mass is 19.1. The summed E-state index contributed by atoms with van der Waals surface area (Å²) in [6, 6.07) is 6.77. The molecule has 0 unspecified atom stereocenters. The summed E-state index contributed by atoms with van der Waals surface area (Å²) >= 11 is 0. The maximum Gasteiger partial charge on any atom is 0.290 e. The molecule has 31 heavy (non-hydrogen) atoms. The maximum absolute atomic E-state index is 13.8. The molecule has 2 aliphatic heterocycles. The van der Waals surface area contributed by atoms with Crippen molar-refractivity contribution in [1.82, 2.24) is 14.8 Å². The summed E-state index contributed by atoms with van der Waals surface area (Å²) in [4.78, 5) is 34.7. The molecule has 0 N–H and O–H groups in total. The molecule has 2 aromatic heterocycles. The van der Waals surface area contributed by atoms with Gasteiger partial charge in [-0.05, 0) is 42.3 Å². The van der Waals surface area contributed by atoms with Gasteiger partial charge in [0.05, 0.1) is 30.2 Å². The second-order valence-electron chi connectivity index (χ2n) is 7.80. The fourth-order valence-electron chi connectivity index (χ4n) is 4.40. The van der Waals surface area contributed by atoms with E-state index in [0.29, 0.717) is 6.54 Å². The largest absolute Gasteiger partial charge is 0.450 e. The van der Waals surface area contributed by atoms with E-state index in [-0.39, 0.29) is 33.6 Å². The van der Waals surface area contributed by atoms with Crippen LogP contribution in [0.2, 0.25) is 0 Å². The third-order valence-corrected chi connectivity index (χ3v) is 5.93. The van der Waals surface area contributed by atoms with Crippen LogP contribution in [0.5, 0.6) is 0 Å². The van der Waals surface area contributed by atoms with Crippen molar-refractivity contribution in [2.24, 2.45) is 0 Å². The molecule has 1 saturated heterocycles. The van der Waals surface area contributed by atoms with E-state index in [2.05, 4.69) is 9.88 Å². The lowest BCUT2D eigenvalue weighted by molar-refractivity contribution is 0.0353. The number of hydrogen-bond donors (Lipinski definition) is 0. The summed E-state index contributed by atoms with van der Waals surface area (Å²) in [5.41, 5.74) is 0.876. The third kappa shape index (κ3) is 3.62. The van der Waals surface area contributed by atoms with Gasteiger partial charge < -0.3 is 14.1 Å². The van der Waals surface area contributed by atoms with E-state index in [1.165, 1.54) is 12.1 Å². The predicted octanol–water partition coefficient (Wildman–Crippen LogP) is 2.59. The average Bonchev–Trinajstić information content (AvgIpc) is 3.08. The highest BCUT2D eigenvalue weighted by Crippen LogP contribution is 2.38. The van der Waals surface area contributed by atoms with Crippen LogP contribution in [0, 0.1) is 5.82 Å². The molecule has 2 aliphatic rings. The molecule has 1 aromatic carbocycles. The second kappa shape index (κ2) is 8.20. The van der Waals surface area contributed by atoms with E-state index in [1.807, 2.05) is 0 Å². The molecule has 0 spiro atoms. The summed E-state index contributed by atoms with van der Waals surface area (Å²) in [6.07, 6.45) is 4.02. The molecule has 160 valence electrons. The van der Waals surface area contributed by atoms with E-state index >= 15 is 0 Å². The maximum atomic E-state index is 13.8. The van der Waals surface area contributed by atoms with Crippen molar-refractivity contribution in [2.75, 3.05) is 39.4 Å². The Morgan fingerprint density at radius 1 is 1.06 bits per heavy atom. The summed E-state index contributed by atoms with van der Waals surface area (Å²) in [5.74, 6) is -0.800. The average molecular weight is 423 g/mol. The summed E-state index contributed by atoms with van der Waals surface area (Å²) in [5, 5.41) is 0.140. The Kier molecular flexibility index (Phi) is 5.25. The number of halogens is 1. The summed E-state index contributed by atoms with van der Waals surface area (Å²) < 4.78 is 25.0. The minimum absolute atomic E-state index is 0.0392. The monoisotopic (exact) mass is 423 g/mol. The number of aromatic nitrogens is 1. The lowest BCUT2D eigenvalue weighted by atomic mass is 9.99. The molecule has 0 radical (unpaired) electrons. The highest BCUT2D eigenvalue weighted by molar-refractivity contribution is 5.99. The molecule has 0 bridgehead atoms. The zero-order chi connectivity index (χ0) is 21.4. The number of morpholine rings is 1. The van der Waals surface area contributed by atoms with Crippen LogP contribution in [0.3, 0.4) is 0 Å². The molecule has 3 aromatic rings. The Morgan fingerprint density at radius 3 is 2.61 bits per heavy atom. The van der Waals surface area contributed by atoms with Gasteiger partial charge in [-0.3, -0.25) is 19.5 Å². The Balaban J connectivity index is 1.52. The molecule has 1 fully saturated rings. The van der Waals surface area contributed by atoms with Crippen LogP contribution in [-0.4, -0.2) is 60.1 Å². The van der Waals surface area contributed by atoms with E-state index in [0.717, 1.165) is 50.9 Å². The molecule has 7 nitrogen and oxygen atoms in total. The predicted molar refractivity (Wildman–Crippen MR) is 111 cm³/mol. The smallest absolute Gasteiger partial charge is 0.290 e. The number of ether oxygens (including phenoxy) is 1. The van der Waals surface area contributed by atoms with Gasteiger partial charge in [-0.1, -0.05) is 0 Å². The Morgan fingerprint density at radius 2 is 1.84 bits per heavy atom. The number of carbonyl (C=O) groups is 1. The van der Waals surface area contributed by atoms with Crippen molar-refractivity contribution in [3.63, 3.8) is 0 Å². The van der Waals surface area contributed by atoms with E-state index in [9.17, 15) is 14.0 Å². The minimum atomic E-state index is -0.584. The molecule has 5 rings (SSSR count). The van der Waals surface area contributed by atoms with Gasteiger partial charge in [0.15, 0.2) is 5.43 Å². The van der Waals surface area contributed by atoms with Crippen LogP contribution in [0.4, 0.5) is 4.39 Å². The van der Waals surface area contributed by atoms with Gasteiger partial charge >= 0.3 is 0 Å². The van der Waals surface area contributed by atoms with Crippen molar-refractivity contribution in [1.29, 1.82) is 0 Å². The molecule has 8 heteroatoms. The molecular formula is C23H22FN3O4. The SMILES string of the molecule is O=C1c2oc3ccc(F)cc3c(=O)c2[C@H](c2ccncc2)N1CCCN1CCOCC1. The van der Waals surface area contributed by atoms with Crippen LogP contribution in [0.15, 0.2) is 51.9 Å². The minimum Gasteiger partial charge on any atom is -0.450 e. The van der Waals surface area contributed by atoms with Gasteiger partial charge in [0.1, 0.15) is 11.4 Å². The molecule has 1 amide bonds. The standard InChI is InChI=1S/C23H22FN3O4/c24-16-2-3-18-17(14-16)21(28)19-20(15-4-6-25-7-5-15)27(23(29)22(19)31-18)9-1-8-26-10-12-30-13-11-26/h2-7,14,20H,1,8-13H2/t20-/m0/s1. The molecule has 0 saturated carbocycles. The zero-order valence-corrected chi connectivity index (χ0v) is 16.9. The topological polar surface area (TPSA) is 75.9 Å². The number of rotatable bonds is 5. The zero-order valence-electron chi connectivity index (χ0n) is 16.9. The Bertz CT molecular complexity index is 1170. The lowest BCUT2D eigenvalue weighted by Gasteiger charge is -2.29. The van der Waals surface area contributed by atoms with Gasteiger partial charge in [0.2, 0.25) is 5.76 Å². The number of hydrogen-bond acceptors (Lipinski definition) is 6. The molecule has 0 aliphatic carbocycles. The molecule has 4 heterocycles. The van der Waals surface area contributed by atoms with Crippen molar-refractivity contribution in [3.05, 3.63) is 75.7 Å². The van der Waals surface area contributed by atoms with Crippen molar-refractivity contribution < 1.29 is 18.3 Å². The Hall–Kier alpha value is -3.10. The van der Waals surface area contributed by atoms with Gasteiger partial charge in [-0.15, -0.1) is 0 Å². The quantitative estimate of drug-likeness (QED) is 0.628. The van der Waals surface area contributed by atoms with Crippen molar-refractivity contribution in [3.8, 4) is 0 Å². The first kappa shape index (κ1) is 19.8. The van der Waals surface area contributed by atoms with E-state index < -0.39 is 11.9 Å². The first-order chi connectivity index (χ1) is 15.1. The normalized spacial score (nSPS) is 19.2. The van der Waals surface area contributed by atoms with E-state index in [1.54, 1.807) is 29.4 Å². The second-order valence-corrected chi connectivity index (χ2v) is 7.80. The highest BCUT2D eigenvalue weighted by Gasteiger charge is 2.42. The lowest BCUT2D eigenvalue weighted by Crippen LogP contribution is -2.38.